The molecular formula is C20H24N2O4S. The first kappa shape index (κ1) is 19.2. The Balaban J connectivity index is 1.76. The molecule has 0 fully saturated rings. The number of nitrogens with zero attached hydrogens (tertiary/aromatic N) is 1. The number of hydrogen-bond acceptors (Lipinski definition) is 4. The van der Waals surface area contributed by atoms with E-state index in [0.717, 1.165) is 24.0 Å². The molecule has 1 amide bonds. The number of ether oxygens (including phenoxy) is 1. The highest BCUT2D eigenvalue weighted by Gasteiger charge is 2.20. The number of nitrogens with one attached hydrogen (secondary N) is 1. The lowest BCUT2D eigenvalue weighted by molar-refractivity contribution is -0.129. The van der Waals surface area contributed by atoms with E-state index < -0.39 is 10.0 Å². The molecule has 1 aliphatic heterocycles. The molecule has 0 aliphatic carbocycles. The Morgan fingerprint density at radius 3 is 2.56 bits per heavy atom. The van der Waals surface area contributed by atoms with Crippen LogP contribution >= 0.6 is 0 Å². The molecule has 27 heavy (non-hydrogen) atoms. The summed E-state index contributed by atoms with van der Waals surface area (Å²) >= 11 is 0. The van der Waals surface area contributed by atoms with E-state index in [9.17, 15) is 13.2 Å². The summed E-state index contributed by atoms with van der Waals surface area (Å²) in [4.78, 5) is 13.5. The van der Waals surface area contributed by atoms with Gasteiger partial charge in [-0.2, -0.15) is 0 Å². The van der Waals surface area contributed by atoms with Gasteiger partial charge in [-0.3, -0.25) is 9.52 Å². The van der Waals surface area contributed by atoms with E-state index in [1.807, 2.05) is 13.0 Å². The molecular weight excluding hydrogens is 364 g/mol. The Hall–Kier alpha value is -2.54. The van der Waals surface area contributed by atoms with Crippen molar-refractivity contribution in [2.45, 2.75) is 38.1 Å². The highest BCUT2D eigenvalue weighted by Crippen LogP contribution is 2.25. The van der Waals surface area contributed by atoms with Gasteiger partial charge in [-0.15, -0.1) is 0 Å². The van der Waals surface area contributed by atoms with Crippen LogP contribution in [0.5, 0.6) is 5.75 Å². The van der Waals surface area contributed by atoms with Gasteiger partial charge in [0.05, 0.1) is 11.5 Å². The van der Waals surface area contributed by atoms with Gasteiger partial charge in [0.2, 0.25) is 5.91 Å². The first-order valence-electron chi connectivity index (χ1n) is 9.02. The fourth-order valence-electron chi connectivity index (χ4n) is 3.04. The molecule has 6 nitrogen and oxygen atoms in total. The Labute approximate surface area is 160 Å². The van der Waals surface area contributed by atoms with Gasteiger partial charge in [-0.25, -0.2) is 8.42 Å². The van der Waals surface area contributed by atoms with Gasteiger partial charge in [-0.1, -0.05) is 13.0 Å². The molecule has 1 N–H and O–H groups in total. The summed E-state index contributed by atoms with van der Waals surface area (Å²) in [5.74, 6) is 0.672. The van der Waals surface area contributed by atoms with Crippen molar-refractivity contribution in [2.75, 3.05) is 17.9 Å². The Morgan fingerprint density at radius 1 is 1.15 bits per heavy atom. The van der Waals surface area contributed by atoms with Crippen LogP contribution in [-0.4, -0.2) is 32.4 Å². The van der Waals surface area contributed by atoms with Crippen LogP contribution in [-0.2, 0) is 27.8 Å². The van der Waals surface area contributed by atoms with Gasteiger partial charge in [0.15, 0.2) is 0 Å². The normalized spacial score (nSPS) is 13.8. The van der Waals surface area contributed by atoms with Crippen molar-refractivity contribution >= 4 is 21.6 Å². The van der Waals surface area contributed by atoms with Crippen LogP contribution in [0.2, 0.25) is 0 Å². The maximum Gasteiger partial charge on any atom is 0.261 e. The third-order valence-corrected chi connectivity index (χ3v) is 5.92. The first-order valence-corrected chi connectivity index (χ1v) is 10.5. The SMILES string of the molecule is CCCOc1ccc(S(=O)(=O)Nc2ccc3c(c2)CN(C(C)=O)CC3)cc1. The second-order valence-electron chi connectivity index (χ2n) is 6.60. The quantitative estimate of drug-likeness (QED) is 0.825. The minimum atomic E-state index is -3.69. The Bertz CT molecular complexity index is 923. The number of carbonyl (C=O) groups is 1. The largest absolute Gasteiger partial charge is 0.494 e. The van der Waals surface area contributed by atoms with Crippen molar-refractivity contribution in [3.63, 3.8) is 0 Å². The Morgan fingerprint density at radius 2 is 1.89 bits per heavy atom. The Kier molecular flexibility index (Phi) is 5.70. The number of fused-ring (bicyclic) bond motifs is 1. The van der Waals surface area contributed by atoms with Gasteiger partial charge in [-0.05, 0) is 60.4 Å². The maximum atomic E-state index is 12.7. The molecule has 0 saturated heterocycles. The topological polar surface area (TPSA) is 75.7 Å². The van der Waals surface area contributed by atoms with Crippen LogP contribution in [0, 0.1) is 0 Å². The van der Waals surface area contributed by atoms with Gasteiger partial charge < -0.3 is 9.64 Å². The summed E-state index contributed by atoms with van der Waals surface area (Å²) in [6.07, 6.45) is 1.67. The maximum absolute atomic E-state index is 12.7. The van der Waals surface area contributed by atoms with E-state index in [0.29, 0.717) is 31.1 Å². The highest BCUT2D eigenvalue weighted by molar-refractivity contribution is 7.92. The number of sulfonamides is 1. The number of hydrogen-bond donors (Lipinski definition) is 1. The smallest absolute Gasteiger partial charge is 0.261 e. The van der Waals surface area contributed by atoms with Crippen molar-refractivity contribution in [1.29, 1.82) is 0 Å². The lowest BCUT2D eigenvalue weighted by atomic mass is 9.99. The van der Waals surface area contributed by atoms with Crippen LogP contribution in [0.4, 0.5) is 5.69 Å². The highest BCUT2D eigenvalue weighted by atomic mass is 32.2. The zero-order valence-corrected chi connectivity index (χ0v) is 16.4. The molecule has 1 aliphatic rings. The number of carbonyl (C=O) groups excluding carboxylic acids is 1. The molecule has 0 unspecified atom stereocenters. The van der Waals surface area contributed by atoms with Crippen molar-refractivity contribution in [2.24, 2.45) is 0 Å². The molecule has 0 aromatic heterocycles. The summed E-state index contributed by atoms with van der Waals surface area (Å²) in [6, 6.07) is 11.9. The summed E-state index contributed by atoms with van der Waals surface area (Å²) in [5, 5.41) is 0. The fourth-order valence-corrected chi connectivity index (χ4v) is 4.09. The lowest BCUT2D eigenvalue weighted by Crippen LogP contribution is -2.34. The third-order valence-electron chi connectivity index (χ3n) is 4.52. The molecule has 0 atom stereocenters. The summed E-state index contributed by atoms with van der Waals surface area (Å²) in [6.45, 7) is 5.35. The predicted octanol–water partition coefficient (Wildman–Crippen LogP) is 3.18. The molecule has 0 radical (unpaired) electrons. The standard InChI is InChI=1S/C20H24N2O4S/c1-3-12-26-19-6-8-20(9-7-19)27(24,25)21-18-5-4-16-10-11-22(15(2)23)14-17(16)13-18/h4-9,13,21H,3,10-12,14H2,1-2H3. The molecule has 1 heterocycles. The second kappa shape index (κ2) is 8.00. The van der Waals surface area contributed by atoms with Crippen molar-refractivity contribution < 1.29 is 17.9 Å². The number of amides is 1. The van der Waals surface area contributed by atoms with Crippen LogP contribution in [0.3, 0.4) is 0 Å². The minimum absolute atomic E-state index is 0.0250. The van der Waals surface area contributed by atoms with Gasteiger partial charge >= 0.3 is 0 Å². The summed E-state index contributed by atoms with van der Waals surface area (Å²) in [5.41, 5.74) is 2.61. The summed E-state index contributed by atoms with van der Waals surface area (Å²) in [7, 11) is -3.69. The molecule has 3 rings (SSSR count). The molecule has 2 aromatic carbocycles. The minimum Gasteiger partial charge on any atom is -0.494 e. The van der Waals surface area contributed by atoms with Crippen LogP contribution in [0.25, 0.3) is 0 Å². The number of rotatable bonds is 6. The van der Waals surface area contributed by atoms with Crippen LogP contribution < -0.4 is 9.46 Å². The molecule has 2 aromatic rings. The van der Waals surface area contributed by atoms with E-state index in [1.165, 1.54) is 12.1 Å². The molecule has 0 saturated carbocycles. The van der Waals surface area contributed by atoms with Crippen LogP contribution in [0.1, 0.15) is 31.4 Å². The zero-order chi connectivity index (χ0) is 19.4. The van der Waals surface area contributed by atoms with Gasteiger partial charge in [0, 0.05) is 25.7 Å². The van der Waals surface area contributed by atoms with E-state index >= 15 is 0 Å². The first-order chi connectivity index (χ1) is 12.9. The molecule has 0 bridgehead atoms. The summed E-state index contributed by atoms with van der Waals surface area (Å²) < 4.78 is 33.4. The average molecular weight is 388 g/mol. The molecule has 0 spiro atoms. The van der Waals surface area contributed by atoms with Gasteiger partial charge in [0.1, 0.15) is 5.75 Å². The molecule has 144 valence electrons. The van der Waals surface area contributed by atoms with Crippen molar-refractivity contribution in [1.82, 2.24) is 4.90 Å². The van der Waals surface area contributed by atoms with E-state index in [4.69, 9.17) is 4.74 Å². The van der Waals surface area contributed by atoms with Crippen molar-refractivity contribution in [3.05, 3.63) is 53.6 Å². The van der Waals surface area contributed by atoms with Gasteiger partial charge in [0.25, 0.3) is 10.0 Å². The van der Waals surface area contributed by atoms with E-state index in [-0.39, 0.29) is 10.8 Å². The predicted molar refractivity (Wildman–Crippen MR) is 104 cm³/mol. The van der Waals surface area contributed by atoms with Crippen LogP contribution in [0.15, 0.2) is 47.4 Å². The lowest BCUT2D eigenvalue weighted by Gasteiger charge is -2.28. The second-order valence-corrected chi connectivity index (χ2v) is 8.28. The van der Waals surface area contributed by atoms with E-state index in [2.05, 4.69) is 4.72 Å². The average Bonchev–Trinajstić information content (AvgIpc) is 2.65. The third kappa shape index (κ3) is 4.60. The van der Waals surface area contributed by atoms with Crippen molar-refractivity contribution in [3.8, 4) is 5.75 Å². The number of anilines is 1. The fraction of sp³-hybridized carbons (Fsp3) is 0.350. The number of benzene rings is 2. The monoisotopic (exact) mass is 388 g/mol. The molecule has 7 heteroatoms. The zero-order valence-electron chi connectivity index (χ0n) is 15.6. The van der Waals surface area contributed by atoms with E-state index in [1.54, 1.807) is 36.1 Å².